The van der Waals surface area contributed by atoms with Crippen molar-refractivity contribution < 1.29 is 35.1 Å². The van der Waals surface area contributed by atoms with Crippen LogP contribution in [0.3, 0.4) is 0 Å². The quantitative estimate of drug-likeness (QED) is 0.340. The molecular formula is C12H19F4N2O3S+. The van der Waals surface area contributed by atoms with Crippen LogP contribution in [0.5, 0.6) is 0 Å². The molecule has 5 nitrogen and oxygen atoms in total. The molecular weight excluding hydrogens is 328 g/mol. The first kappa shape index (κ1) is 18.9. The van der Waals surface area contributed by atoms with E-state index < -0.39 is 27.1 Å². The second-order valence-electron chi connectivity index (χ2n) is 5.05. The fraction of sp³-hybridized carbons (Fsp3) is 0.750. The second kappa shape index (κ2) is 6.53. The minimum absolute atomic E-state index is 0.0489. The van der Waals surface area contributed by atoms with E-state index in [1.807, 2.05) is 6.92 Å². The molecule has 1 heterocycles. The van der Waals surface area contributed by atoms with E-state index in [0.29, 0.717) is 6.42 Å². The van der Waals surface area contributed by atoms with Crippen LogP contribution < -0.4 is 4.57 Å². The van der Waals surface area contributed by atoms with E-state index in [9.17, 15) is 26.0 Å². The molecule has 0 aliphatic rings. The van der Waals surface area contributed by atoms with Crippen molar-refractivity contribution >= 4 is 10.1 Å². The molecule has 1 N–H and O–H groups in total. The number of rotatable bonds is 8. The van der Waals surface area contributed by atoms with Crippen LogP contribution in [0.25, 0.3) is 0 Å². The molecule has 1 aromatic heterocycles. The topological polar surface area (TPSA) is 63.2 Å². The van der Waals surface area contributed by atoms with Crippen molar-refractivity contribution in [2.45, 2.75) is 50.3 Å². The van der Waals surface area contributed by atoms with Crippen molar-refractivity contribution in [3.05, 3.63) is 18.2 Å². The highest BCUT2D eigenvalue weighted by Crippen LogP contribution is 2.44. The van der Waals surface area contributed by atoms with Crippen molar-refractivity contribution in [2.75, 3.05) is 0 Å². The highest BCUT2D eigenvalue weighted by Gasteiger charge is 2.72. The van der Waals surface area contributed by atoms with Gasteiger partial charge in [0.05, 0.1) is 13.6 Å². The van der Waals surface area contributed by atoms with E-state index in [1.165, 1.54) is 6.20 Å². The van der Waals surface area contributed by atoms with Crippen LogP contribution in [0.4, 0.5) is 17.6 Å². The first-order valence-corrected chi connectivity index (χ1v) is 8.18. The van der Waals surface area contributed by atoms with Gasteiger partial charge < -0.3 is 0 Å². The number of aryl methyl sites for hydroxylation is 2. The fourth-order valence-electron chi connectivity index (χ4n) is 2.11. The van der Waals surface area contributed by atoms with Crippen molar-refractivity contribution in [3.8, 4) is 0 Å². The number of hydrogen-bond acceptors (Lipinski definition) is 2. The van der Waals surface area contributed by atoms with Gasteiger partial charge in [-0.25, -0.2) is 9.13 Å². The Balaban J connectivity index is 3.17. The van der Waals surface area contributed by atoms with Gasteiger partial charge in [0.1, 0.15) is 12.4 Å². The Morgan fingerprint density at radius 3 is 2.32 bits per heavy atom. The molecule has 0 radical (unpaired) electrons. The monoisotopic (exact) mass is 347 g/mol. The minimum atomic E-state index is -6.26. The number of nitrogens with zero attached hydrogens (tertiary/aromatic N) is 2. The number of halogens is 4. The molecule has 0 aliphatic carbocycles. The molecule has 0 bridgehead atoms. The molecule has 0 amide bonds. The molecule has 128 valence electrons. The summed E-state index contributed by atoms with van der Waals surface area (Å²) in [7, 11) is -5.16. The third-order valence-electron chi connectivity index (χ3n) is 3.30. The van der Waals surface area contributed by atoms with E-state index in [4.69, 9.17) is 4.55 Å². The normalized spacial score (nSPS) is 13.6. The molecule has 1 rings (SSSR count). The molecule has 10 heteroatoms. The van der Waals surface area contributed by atoms with Gasteiger partial charge in [0.15, 0.2) is 0 Å². The predicted molar refractivity (Wildman–Crippen MR) is 70.1 cm³/mol. The number of aromatic nitrogens is 2. The minimum Gasteiger partial charge on any atom is -0.281 e. The highest BCUT2D eigenvalue weighted by molar-refractivity contribution is 7.86. The summed E-state index contributed by atoms with van der Waals surface area (Å²) in [6, 6.07) is 0. The maximum Gasteiger partial charge on any atom is 0.444 e. The summed E-state index contributed by atoms with van der Waals surface area (Å²) in [4.78, 5) is 0. The molecule has 0 atom stereocenters. The first-order valence-electron chi connectivity index (χ1n) is 6.74. The zero-order valence-corrected chi connectivity index (χ0v) is 13.1. The number of hydrogen-bond donors (Lipinski definition) is 1. The van der Waals surface area contributed by atoms with E-state index in [2.05, 4.69) is 0 Å². The third kappa shape index (κ3) is 3.43. The lowest BCUT2D eigenvalue weighted by atomic mass is 10.2. The van der Waals surface area contributed by atoms with Crippen LogP contribution in [0.15, 0.2) is 12.4 Å². The largest absolute Gasteiger partial charge is 0.444 e. The number of imidazole rings is 1. The summed E-state index contributed by atoms with van der Waals surface area (Å²) in [5.41, 5.74) is 0. The second-order valence-corrected chi connectivity index (χ2v) is 6.52. The molecule has 0 aromatic carbocycles. The summed E-state index contributed by atoms with van der Waals surface area (Å²) in [5.74, 6) is -6.24. The van der Waals surface area contributed by atoms with Gasteiger partial charge >= 0.3 is 27.1 Å². The highest BCUT2D eigenvalue weighted by atomic mass is 32.2. The van der Waals surface area contributed by atoms with Crippen molar-refractivity contribution in [3.63, 3.8) is 0 Å². The van der Waals surface area contributed by atoms with Gasteiger partial charge in [-0.05, 0) is 12.8 Å². The van der Waals surface area contributed by atoms with Gasteiger partial charge in [-0.15, -0.1) is 0 Å². The number of unbranched alkanes of at least 4 members (excludes halogenated alkanes) is 3. The Morgan fingerprint density at radius 1 is 1.23 bits per heavy atom. The lowest BCUT2D eigenvalue weighted by Crippen LogP contribution is -2.52. The summed E-state index contributed by atoms with van der Waals surface area (Å²) < 4.78 is 86.3. The Bertz CT molecular complexity index is 614. The Kier molecular flexibility index (Phi) is 5.61. The van der Waals surface area contributed by atoms with E-state index in [1.54, 1.807) is 0 Å². The maximum absolute atomic E-state index is 14.0. The van der Waals surface area contributed by atoms with Gasteiger partial charge in [-0.1, -0.05) is 19.8 Å². The van der Waals surface area contributed by atoms with Gasteiger partial charge in [-0.3, -0.25) is 4.55 Å². The maximum atomic E-state index is 14.0. The van der Waals surface area contributed by atoms with Crippen LogP contribution in [-0.4, -0.2) is 22.8 Å². The molecule has 0 fully saturated rings. The molecule has 22 heavy (non-hydrogen) atoms. The standard InChI is InChI=1S/C12H18F4N2O3S/c1-3-4-5-6-7-18-9-8-17(2)10(18)11(13,14)12(15,16)22(19,20)21/h8-9H,3-7H2,1-2H3/p+1. The molecule has 0 saturated carbocycles. The van der Waals surface area contributed by atoms with Crippen molar-refractivity contribution in [1.29, 1.82) is 0 Å². The van der Waals surface area contributed by atoms with Crippen molar-refractivity contribution in [1.82, 2.24) is 4.57 Å². The zero-order chi connectivity index (χ0) is 17.2. The SMILES string of the molecule is CCCCCCn1cc[n+](C)c1C(F)(F)C(F)(F)S(=O)(=O)O. The average Bonchev–Trinajstić information content (AvgIpc) is 2.75. The first-order chi connectivity index (χ1) is 9.96. The molecule has 0 saturated heterocycles. The average molecular weight is 347 g/mol. The summed E-state index contributed by atoms with van der Waals surface area (Å²) >= 11 is 0. The van der Waals surface area contributed by atoms with Gasteiger partial charge in [0, 0.05) is 0 Å². The molecule has 1 aromatic rings. The Labute approximate surface area is 126 Å². The lowest BCUT2D eigenvalue weighted by Gasteiger charge is -2.21. The van der Waals surface area contributed by atoms with E-state index in [-0.39, 0.29) is 6.54 Å². The van der Waals surface area contributed by atoms with Gasteiger partial charge in [0.25, 0.3) is 0 Å². The fourth-order valence-corrected chi connectivity index (χ4v) is 2.52. The molecule has 0 spiro atoms. The van der Waals surface area contributed by atoms with E-state index in [0.717, 1.165) is 41.6 Å². The summed E-state index contributed by atoms with van der Waals surface area (Å²) in [6.07, 6.45) is 5.32. The number of alkyl halides is 4. The van der Waals surface area contributed by atoms with Crippen LogP contribution in [0.1, 0.15) is 38.4 Å². The van der Waals surface area contributed by atoms with Gasteiger partial charge in [-0.2, -0.15) is 26.0 Å². The zero-order valence-electron chi connectivity index (χ0n) is 12.3. The van der Waals surface area contributed by atoms with Crippen LogP contribution in [0, 0.1) is 0 Å². The van der Waals surface area contributed by atoms with Crippen LogP contribution in [0.2, 0.25) is 0 Å². The lowest BCUT2D eigenvalue weighted by molar-refractivity contribution is -0.689. The van der Waals surface area contributed by atoms with E-state index >= 15 is 0 Å². The molecule has 0 aliphatic heterocycles. The van der Waals surface area contributed by atoms with Crippen molar-refractivity contribution in [2.24, 2.45) is 7.05 Å². The van der Waals surface area contributed by atoms with Crippen LogP contribution >= 0.6 is 0 Å². The van der Waals surface area contributed by atoms with Crippen LogP contribution in [-0.2, 0) is 29.6 Å². The smallest absolute Gasteiger partial charge is 0.281 e. The molecule has 0 unspecified atom stereocenters. The van der Waals surface area contributed by atoms with Gasteiger partial charge in [0.2, 0.25) is 0 Å². The Morgan fingerprint density at radius 2 is 1.82 bits per heavy atom. The summed E-state index contributed by atoms with van der Waals surface area (Å²) in [6.45, 7) is 2.01. The Hall–Kier alpha value is -1.16. The summed E-state index contributed by atoms with van der Waals surface area (Å²) in [5, 5.41) is -5.61. The third-order valence-corrected chi connectivity index (χ3v) is 4.20. The predicted octanol–water partition coefficient (Wildman–Crippen LogP) is 2.47.